The zero-order chi connectivity index (χ0) is 13.1. The fourth-order valence-electron chi connectivity index (χ4n) is 1.44. The molecule has 6 heteroatoms. The molecule has 0 bridgehead atoms. The van der Waals surface area contributed by atoms with Crippen LogP contribution in [0, 0.1) is 12.7 Å². The minimum Gasteiger partial charge on any atom is -0.323 e. The molecule has 1 aromatic heterocycles. The van der Waals surface area contributed by atoms with Crippen molar-refractivity contribution in [1.29, 1.82) is 0 Å². The van der Waals surface area contributed by atoms with Gasteiger partial charge in [0, 0.05) is 9.85 Å². The molecule has 1 heterocycles. The van der Waals surface area contributed by atoms with E-state index in [1.165, 1.54) is 23.5 Å². The molecule has 0 aliphatic heterocycles. The molecule has 0 aliphatic carbocycles. The molecule has 0 atom stereocenters. The van der Waals surface area contributed by atoms with Crippen molar-refractivity contribution in [1.82, 2.24) is 4.98 Å². The van der Waals surface area contributed by atoms with Crippen LogP contribution in [-0.2, 0) is 11.2 Å². The Balaban J connectivity index is 2.03. The summed E-state index contributed by atoms with van der Waals surface area (Å²) in [7, 11) is 0. The first-order valence-electron chi connectivity index (χ1n) is 5.20. The number of amides is 1. The highest BCUT2D eigenvalue weighted by molar-refractivity contribution is 9.10. The first-order chi connectivity index (χ1) is 8.54. The van der Waals surface area contributed by atoms with Crippen LogP contribution in [0.15, 0.2) is 28.1 Å². The van der Waals surface area contributed by atoms with E-state index in [1.807, 2.05) is 12.3 Å². The molecule has 1 aromatic carbocycles. The van der Waals surface area contributed by atoms with Crippen molar-refractivity contribution in [2.24, 2.45) is 0 Å². The van der Waals surface area contributed by atoms with Gasteiger partial charge in [0.15, 0.2) is 0 Å². The Morgan fingerprint density at radius 3 is 2.94 bits per heavy atom. The number of hydrogen-bond acceptors (Lipinski definition) is 3. The van der Waals surface area contributed by atoms with E-state index in [1.54, 1.807) is 6.07 Å². The number of benzene rings is 1. The minimum absolute atomic E-state index is 0.153. The van der Waals surface area contributed by atoms with Gasteiger partial charge >= 0.3 is 0 Å². The summed E-state index contributed by atoms with van der Waals surface area (Å²) in [6.07, 6.45) is 0.153. The average molecular weight is 329 g/mol. The highest BCUT2D eigenvalue weighted by Gasteiger charge is 2.09. The van der Waals surface area contributed by atoms with E-state index in [-0.39, 0.29) is 18.0 Å². The Hall–Kier alpha value is -1.27. The predicted molar refractivity (Wildman–Crippen MR) is 73.3 cm³/mol. The summed E-state index contributed by atoms with van der Waals surface area (Å²) in [6, 6.07) is 4.50. The molecule has 2 rings (SSSR count). The molecule has 1 amide bonds. The van der Waals surface area contributed by atoms with Crippen LogP contribution in [0.2, 0.25) is 0 Å². The van der Waals surface area contributed by atoms with Gasteiger partial charge in [-0.05, 0) is 25.1 Å². The predicted octanol–water partition coefficient (Wildman–Crippen LogP) is 3.53. The Labute approximate surface area is 116 Å². The normalized spacial score (nSPS) is 10.4. The molecule has 94 valence electrons. The highest BCUT2D eigenvalue weighted by atomic mass is 79.9. The highest BCUT2D eigenvalue weighted by Crippen LogP contribution is 2.19. The minimum atomic E-state index is -0.466. The first kappa shape index (κ1) is 13.2. The van der Waals surface area contributed by atoms with Crippen molar-refractivity contribution in [3.8, 4) is 0 Å². The van der Waals surface area contributed by atoms with Crippen molar-refractivity contribution in [3.05, 3.63) is 44.6 Å². The van der Waals surface area contributed by atoms with E-state index in [2.05, 4.69) is 26.2 Å². The van der Waals surface area contributed by atoms with Gasteiger partial charge in [-0.15, -0.1) is 11.3 Å². The van der Waals surface area contributed by atoms with Crippen LogP contribution in [0.3, 0.4) is 0 Å². The molecule has 0 saturated carbocycles. The Kier molecular flexibility index (Phi) is 4.08. The van der Waals surface area contributed by atoms with Crippen molar-refractivity contribution in [2.75, 3.05) is 5.32 Å². The summed E-state index contributed by atoms with van der Waals surface area (Å²) in [6.45, 7) is 1.88. The number of thiazole rings is 1. The molecular formula is C12H10BrFN2OS. The SMILES string of the molecule is Cc1nc(CC(=O)Nc2ccc(Br)cc2F)cs1. The summed E-state index contributed by atoms with van der Waals surface area (Å²) in [5, 5.41) is 5.26. The maximum atomic E-state index is 13.5. The number of anilines is 1. The molecule has 0 fully saturated rings. The molecule has 18 heavy (non-hydrogen) atoms. The van der Waals surface area contributed by atoms with Gasteiger partial charge in [-0.2, -0.15) is 0 Å². The molecule has 0 saturated heterocycles. The van der Waals surface area contributed by atoms with E-state index in [4.69, 9.17) is 0 Å². The van der Waals surface area contributed by atoms with Gasteiger partial charge in [-0.1, -0.05) is 15.9 Å². The fraction of sp³-hybridized carbons (Fsp3) is 0.167. The lowest BCUT2D eigenvalue weighted by molar-refractivity contribution is -0.115. The number of aromatic nitrogens is 1. The van der Waals surface area contributed by atoms with Gasteiger partial charge in [0.25, 0.3) is 0 Å². The van der Waals surface area contributed by atoms with E-state index in [0.29, 0.717) is 10.2 Å². The maximum absolute atomic E-state index is 13.5. The number of aryl methyl sites for hydroxylation is 1. The van der Waals surface area contributed by atoms with Crippen molar-refractivity contribution < 1.29 is 9.18 Å². The largest absolute Gasteiger partial charge is 0.323 e. The van der Waals surface area contributed by atoms with E-state index < -0.39 is 5.82 Å². The van der Waals surface area contributed by atoms with Gasteiger partial charge in [-0.25, -0.2) is 9.37 Å². The second-order valence-corrected chi connectivity index (χ2v) is 5.68. The lowest BCUT2D eigenvalue weighted by atomic mass is 10.2. The van der Waals surface area contributed by atoms with Crippen LogP contribution in [0.25, 0.3) is 0 Å². The monoisotopic (exact) mass is 328 g/mol. The lowest BCUT2D eigenvalue weighted by Gasteiger charge is -2.05. The van der Waals surface area contributed by atoms with Crippen LogP contribution in [0.5, 0.6) is 0 Å². The summed E-state index contributed by atoms with van der Waals surface area (Å²) >= 11 is 4.64. The van der Waals surface area contributed by atoms with Gasteiger partial charge in [0.1, 0.15) is 5.82 Å². The summed E-state index contributed by atoms with van der Waals surface area (Å²) in [4.78, 5) is 15.9. The number of halogens is 2. The third kappa shape index (κ3) is 3.36. The molecule has 0 aliphatic rings. The molecule has 3 nitrogen and oxygen atoms in total. The zero-order valence-corrected chi connectivity index (χ0v) is 11.9. The smallest absolute Gasteiger partial charge is 0.230 e. The third-order valence-corrected chi connectivity index (χ3v) is 3.53. The van der Waals surface area contributed by atoms with Crippen LogP contribution in [-0.4, -0.2) is 10.9 Å². The first-order valence-corrected chi connectivity index (χ1v) is 6.88. The number of hydrogen-bond donors (Lipinski definition) is 1. The average Bonchev–Trinajstić information content (AvgIpc) is 2.68. The lowest BCUT2D eigenvalue weighted by Crippen LogP contribution is -2.15. The van der Waals surface area contributed by atoms with Gasteiger partial charge in [0.05, 0.1) is 22.8 Å². The Morgan fingerprint density at radius 1 is 1.56 bits per heavy atom. The van der Waals surface area contributed by atoms with Gasteiger partial charge in [0.2, 0.25) is 5.91 Å². The summed E-state index contributed by atoms with van der Waals surface area (Å²) < 4.78 is 14.1. The van der Waals surface area contributed by atoms with Gasteiger partial charge in [-0.3, -0.25) is 4.79 Å². The van der Waals surface area contributed by atoms with Crippen molar-refractivity contribution >= 4 is 38.9 Å². The maximum Gasteiger partial charge on any atom is 0.230 e. The Bertz CT molecular complexity index is 585. The number of carbonyl (C=O) groups excluding carboxylic acids is 1. The Morgan fingerprint density at radius 2 is 2.33 bits per heavy atom. The van der Waals surface area contributed by atoms with Crippen molar-refractivity contribution in [3.63, 3.8) is 0 Å². The van der Waals surface area contributed by atoms with E-state index >= 15 is 0 Å². The number of rotatable bonds is 3. The molecule has 0 unspecified atom stereocenters. The summed E-state index contributed by atoms with van der Waals surface area (Å²) in [5.74, 6) is -0.742. The second-order valence-electron chi connectivity index (χ2n) is 3.71. The van der Waals surface area contributed by atoms with Gasteiger partial charge < -0.3 is 5.32 Å². The summed E-state index contributed by atoms with van der Waals surface area (Å²) in [5.41, 5.74) is 0.877. The number of carbonyl (C=O) groups is 1. The fourth-order valence-corrected chi connectivity index (χ4v) is 2.38. The van der Waals surface area contributed by atoms with E-state index in [9.17, 15) is 9.18 Å². The molecule has 0 radical (unpaired) electrons. The topological polar surface area (TPSA) is 42.0 Å². The quantitative estimate of drug-likeness (QED) is 0.936. The third-order valence-electron chi connectivity index (χ3n) is 2.21. The second kappa shape index (κ2) is 5.58. The molecule has 2 aromatic rings. The number of nitrogens with one attached hydrogen (secondary N) is 1. The molecule has 0 spiro atoms. The standard InChI is InChI=1S/C12H10BrFN2OS/c1-7-15-9(6-18-7)5-12(17)16-11-3-2-8(13)4-10(11)14/h2-4,6H,5H2,1H3,(H,16,17). The number of nitrogens with zero attached hydrogens (tertiary/aromatic N) is 1. The van der Waals surface area contributed by atoms with E-state index in [0.717, 1.165) is 5.01 Å². The van der Waals surface area contributed by atoms with Crippen LogP contribution < -0.4 is 5.32 Å². The van der Waals surface area contributed by atoms with Crippen LogP contribution >= 0.6 is 27.3 Å². The molecule has 1 N–H and O–H groups in total. The van der Waals surface area contributed by atoms with Crippen molar-refractivity contribution in [2.45, 2.75) is 13.3 Å². The van der Waals surface area contributed by atoms with Crippen LogP contribution in [0.4, 0.5) is 10.1 Å². The van der Waals surface area contributed by atoms with Crippen LogP contribution in [0.1, 0.15) is 10.7 Å². The molecular weight excluding hydrogens is 319 g/mol. The zero-order valence-electron chi connectivity index (χ0n) is 9.54.